The maximum Gasteiger partial charge on any atom is 0.290 e. The van der Waals surface area contributed by atoms with Gasteiger partial charge >= 0.3 is 0 Å². The van der Waals surface area contributed by atoms with Crippen LogP contribution >= 0.6 is 0 Å². The summed E-state index contributed by atoms with van der Waals surface area (Å²) in [6, 6.07) is 0. The van der Waals surface area contributed by atoms with Crippen LogP contribution < -0.4 is 0 Å². The molecule has 0 aliphatic carbocycles. The summed E-state index contributed by atoms with van der Waals surface area (Å²) in [5, 5.41) is 13.7. The van der Waals surface area contributed by atoms with Crippen molar-refractivity contribution in [3.63, 3.8) is 0 Å². The second kappa shape index (κ2) is 62.8. The van der Waals surface area contributed by atoms with Crippen LogP contribution in [-0.4, -0.2) is 23.2 Å². The molecular formula is C2H3Cr2O4-. The van der Waals surface area contributed by atoms with Crippen molar-refractivity contribution in [3.8, 4) is 0 Å². The third-order valence-corrected chi connectivity index (χ3v) is 0. The van der Waals surface area contributed by atoms with E-state index in [9.17, 15) is 0 Å². The van der Waals surface area contributed by atoms with Gasteiger partial charge in [0.25, 0.3) is 6.47 Å². The van der Waals surface area contributed by atoms with E-state index in [1.165, 1.54) is 0 Å². The molecule has 0 rings (SSSR count). The third kappa shape index (κ3) is 6180000. The van der Waals surface area contributed by atoms with Gasteiger partial charge in [-0.15, -0.1) is 0 Å². The van der Waals surface area contributed by atoms with Gasteiger partial charge in [-0.2, -0.15) is 0 Å². The van der Waals surface area contributed by atoms with Crippen LogP contribution in [0.5, 0.6) is 0 Å². The van der Waals surface area contributed by atoms with Crippen LogP contribution in [0.15, 0.2) is 0 Å². The second-order valence-corrected chi connectivity index (χ2v) is 0.197. The Morgan fingerprint density at radius 2 is 1.38 bits per heavy atom. The predicted octanol–water partition coefficient (Wildman–Crippen LogP) is -0.693. The smallest absolute Gasteiger partial charge is 0.290 e. The summed E-state index contributed by atoms with van der Waals surface area (Å²) in [4.78, 5) is 16.6. The molecular weight excluding hydrogens is 192 g/mol. The third-order valence-electron chi connectivity index (χ3n) is 0. The summed E-state index contributed by atoms with van der Waals surface area (Å²) >= 11 is 0. The zero-order valence-electron chi connectivity index (χ0n) is 3.60. The number of hydrogen-bond acceptors (Lipinski definition) is 2. The number of aliphatic hydroxyl groups excluding tert-OH is 1. The van der Waals surface area contributed by atoms with Crippen molar-refractivity contribution >= 4 is 12.9 Å². The molecule has 0 amide bonds. The standard InChI is InChI=1S/CH2O2.CHO2.2Cr/c2*2-1-3;;/h1H,(H,2,3);(H,2,3);;/q;-1;;. The molecule has 0 bridgehead atoms. The zero-order chi connectivity index (χ0) is 5.41. The van der Waals surface area contributed by atoms with E-state index in [0.29, 0.717) is 6.47 Å². The van der Waals surface area contributed by atoms with Gasteiger partial charge in [-0.1, -0.05) is 6.47 Å². The molecule has 0 aliphatic rings. The van der Waals surface area contributed by atoms with Gasteiger partial charge in [0.1, 0.15) is 0 Å². The summed E-state index contributed by atoms with van der Waals surface area (Å²) in [6.07, 6.45) is 0. The van der Waals surface area contributed by atoms with Gasteiger partial charge in [0.05, 0.1) is 0 Å². The normalized spacial score (nSPS) is 3.00. The van der Waals surface area contributed by atoms with Crippen LogP contribution in [0.25, 0.3) is 0 Å². The fourth-order valence-corrected chi connectivity index (χ4v) is 0. The van der Waals surface area contributed by atoms with Crippen molar-refractivity contribution in [2.24, 2.45) is 0 Å². The molecule has 0 fully saturated rings. The SMILES string of the molecule is O=CO.O=[C-]O.[Cr].[Cr]. The summed E-state index contributed by atoms with van der Waals surface area (Å²) in [5.41, 5.74) is 0. The maximum atomic E-state index is 8.36. The van der Waals surface area contributed by atoms with Crippen LogP contribution in [0.4, 0.5) is 0 Å². The monoisotopic (exact) mass is 195 g/mol. The first kappa shape index (κ1) is 24.5. The van der Waals surface area contributed by atoms with E-state index in [4.69, 9.17) is 19.8 Å². The summed E-state index contributed by atoms with van der Waals surface area (Å²) in [7, 11) is 0. The molecule has 0 saturated heterocycles. The quantitative estimate of drug-likeness (QED) is 0.396. The molecule has 0 aromatic heterocycles. The number of rotatable bonds is 0. The van der Waals surface area contributed by atoms with E-state index in [-0.39, 0.29) is 41.2 Å². The van der Waals surface area contributed by atoms with Crippen molar-refractivity contribution < 1.29 is 54.5 Å². The van der Waals surface area contributed by atoms with E-state index >= 15 is 0 Å². The Morgan fingerprint density at radius 1 is 1.38 bits per heavy atom. The molecule has 6 heteroatoms. The first-order chi connectivity index (χ1) is 2.83. The second-order valence-electron chi connectivity index (χ2n) is 0.197. The molecule has 48 valence electrons. The molecule has 2 N–H and O–H groups in total. The molecule has 0 unspecified atom stereocenters. The van der Waals surface area contributed by atoms with E-state index in [0.717, 1.165) is 0 Å². The molecule has 0 heterocycles. The first-order valence-corrected chi connectivity index (χ1v) is 0.922. The van der Waals surface area contributed by atoms with Gasteiger partial charge in [0, 0.05) is 34.7 Å². The summed E-state index contributed by atoms with van der Waals surface area (Å²) < 4.78 is 0. The van der Waals surface area contributed by atoms with Crippen LogP contribution in [0.3, 0.4) is 0 Å². The Balaban J connectivity index is -0.0000000160. The Hall–Kier alpha value is 0.00494. The topological polar surface area (TPSA) is 74.6 Å². The molecule has 0 aromatic carbocycles. The van der Waals surface area contributed by atoms with E-state index in [1.54, 1.807) is 0 Å². The van der Waals surface area contributed by atoms with Crippen molar-refractivity contribution in [1.29, 1.82) is 0 Å². The largest absolute Gasteiger partial charge is 0.665 e. The Morgan fingerprint density at radius 3 is 1.38 bits per heavy atom. The summed E-state index contributed by atoms with van der Waals surface area (Å²) in [6.45, 7) is 0.250. The average Bonchev–Trinajstić information content (AvgIpc) is 1.39. The van der Waals surface area contributed by atoms with Crippen molar-refractivity contribution in [3.05, 3.63) is 0 Å². The minimum absolute atomic E-state index is 0. The molecule has 8 heavy (non-hydrogen) atoms. The molecule has 0 saturated carbocycles. The molecule has 0 radical (unpaired) electrons. The van der Waals surface area contributed by atoms with Gasteiger partial charge < -0.3 is 15.0 Å². The number of carboxylic acid groups (broad SMARTS) is 1. The van der Waals surface area contributed by atoms with E-state index in [1.807, 2.05) is 0 Å². The van der Waals surface area contributed by atoms with Crippen molar-refractivity contribution in [2.75, 3.05) is 0 Å². The molecule has 0 aromatic rings. The van der Waals surface area contributed by atoms with E-state index in [2.05, 4.69) is 0 Å². The molecule has 0 spiro atoms. The van der Waals surface area contributed by atoms with Crippen LogP contribution in [-0.2, 0) is 44.3 Å². The summed E-state index contributed by atoms with van der Waals surface area (Å²) in [5.74, 6) is 0. The molecule has 0 aliphatic heterocycles. The van der Waals surface area contributed by atoms with E-state index < -0.39 is 0 Å². The van der Waals surface area contributed by atoms with Gasteiger partial charge in [-0.3, -0.25) is 4.79 Å². The Bertz CT molecular complexity index is 33.0. The predicted molar refractivity (Wildman–Crippen MR) is 17.0 cm³/mol. The first-order valence-electron chi connectivity index (χ1n) is 0.922. The molecule has 0 atom stereocenters. The number of hydrogen-bond donors (Lipinski definition) is 2. The van der Waals surface area contributed by atoms with Gasteiger partial charge in [0.2, 0.25) is 0 Å². The fourth-order valence-electron chi connectivity index (χ4n) is 0. The van der Waals surface area contributed by atoms with Gasteiger partial charge in [0.15, 0.2) is 0 Å². The van der Waals surface area contributed by atoms with Crippen LogP contribution in [0.2, 0.25) is 0 Å². The Kier molecular flexibility index (Phi) is 192. The van der Waals surface area contributed by atoms with Crippen LogP contribution in [0.1, 0.15) is 0 Å². The molecule has 4 nitrogen and oxygen atoms in total. The number of carbonyl (C=O) groups is 1. The minimum Gasteiger partial charge on any atom is -0.665 e. The fraction of sp³-hybridized carbons (Fsp3) is 0. The van der Waals surface area contributed by atoms with Crippen molar-refractivity contribution in [2.45, 2.75) is 0 Å². The maximum absolute atomic E-state index is 8.36. The van der Waals surface area contributed by atoms with Gasteiger partial charge in [-0.25, -0.2) is 0 Å². The zero-order valence-corrected chi connectivity index (χ0v) is 6.15. The minimum atomic E-state index is -0.250. The Labute approximate surface area is 67.8 Å². The van der Waals surface area contributed by atoms with Crippen molar-refractivity contribution in [1.82, 2.24) is 0 Å². The van der Waals surface area contributed by atoms with Crippen LogP contribution in [0, 0.1) is 0 Å². The van der Waals surface area contributed by atoms with Gasteiger partial charge in [-0.05, 0) is 0 Å². The average molecular weight is 195 g/mol.